The zero-order chi connectivity index (χ0) is 14.0. The van der Waals surface area contributed by atoms with Crippen LogP contribution in [0.15, 0.2) is 22.7 Å². The third-order valence-electron chi connectivity index (χ3n) is 2.83. The molecule has 1 N–H and O–H groups in total. The molecule has 1 aromatic carbocycles. The first kappa shape index (κ1) is 14.0. The summed E-state index contributed by atoms with van der Waals surface area (Å²) in [5.41, 5.74) is 2.42. The average Bonchev–Trinajstić information content (AvgIpc) is 2.67. The first-order valence-electron chi connectivity index (χ1n) is 5.93. The van der Waals surface area contributed by atoms with Crippen molar-refractivity contribution in [1.29, 1.82) is 0 Å². The number of halogens is 3. The molecule has 2 aromatic rings. The van der Waals surface area contributed by atoms with E-state index in [9.17, 15) is 8.78 Å². The van der Waals surface area contributed by atoms with E-state index in [1.54, 1.807) is 0 Å². The molecule has 1 heterocycles. The van der Waals surface area contributed by atoms with E-state index in [1.165, 1.54) is 6.07 Å². The van der Waals surface area contributed by atoms with E-state index in [-0.39, 0.29) is 0 Å². The summed E-state index contributed by atoms with van der Waals surface area (Å²) >= 11 is 3.48. The molecule has 0 fully saturated rings. The standard InChI is InChI=1S/C13H14BrF2N3/c1-3-19-12(13(14)8(2)18-19)7-17-9-4-5-10(15)11(16)6-9/h4-6,17H,3,7H2,1-2H3. The SMILES string of the molecule is CCn1nc(C)c(Br)c1CNc1ccc(F)c(F)c1. The molecule has 102 valence electrons. The van der Waals surface area contributed by atoms with Gasteiger partial charge in [0.15, 0.2) is 11.6 Å². The lowest BCUT2D eigenvalue weighted by Crippen LogP contribution is -2.08. The predicted octanol–water partition coefficient (Wildman–Crippen LogP) is 3.86. The minimum atomic E-state index is -0.857. The van der Waals surface area contributed by atoms with E-state index in [0.717, 1.165) is 34.5 Å². The smallest absolute Gasteiger partial charge is 0.160 e. The minimum Gasteiger partial charge on any atom is -0.379 e. The quantitative estimate of drug-likeness (QED) is 0.922. The van der Waals surface area contributed by atoms with Crippen LogP contribution in [0, 0.1) is 18.6 Å². The second-order valence-corrected chi connectivity index (χ2v) is 4.94. The topological polar surface area (TPSA) is 29.9 Å². The highest BCUT2D eigenvalue weighted by Gasteiger charge is 2.12. The van der Waals surface area contributed by atoms with Crippen LogP contribution in [0.1, 0.15) is 18.3 Å². The monoisotopic (exact) mass is 329 g/mol. The van der Waals surface area contributed by atoms with Gasteiger partial charge in [0.1, 0.15) is 0 Å². The molecule has 0 saturated heterocycles. The van der Waals surface area contributed by atoms with Gasteiger partial charge >= 0.3 is 0 Å². The van der Waals surface area contributed by atoms with Gasteiger partial charge in [-0.25, -0.2) is 8.78 Å². The highest BCUT2D eigenvalue weighted by atomic mass is 79.9. The predicted molar refractivity (Wildman–Crippen MR) is 74.0 cm³/mol. The van der Waals surface area contributed by atoms with E-state index >= 15 is 0 Å². The maximum atomic E-state index is 13.1. The summed E-state index contributed by atoms with van der Waals surface area (Å²) in [6.45, 7) is 5.15. The second-order valence-electron chi connectivity index (χ2n) is 4.14. The fraction of sp³-hybridized carbons (Fsp3) is 0.308. The summed E-state index contributed by atoms with van der Waals surface area (Å²) in [7, 11) is 0. The largest absolute Gasteiger partial charge is 0.379 e. The number of aromatic nitrogens is 2. The van der Waals surface area contributed by atoms with Crippen molar-refractivity contribution in [3.8, 4) is 0 Å². The number of nitrogens with zero attached hydrogens (tertiary/aromatic N) is 2. The molecule has 0 spiro atoms. The summed E-state index contributed by atoms with van der Waals surface area (Å²) in [5.74, 6) is -1.70. The summed E-state index contributed by atoms with van der Waals surface area (Å²) < 4.78 is 28.7. The first-order valence-corrected chi connectivity index (χ1v) is 6.73. The lowest BCUT2D eigenvalue weighted by atomic mass is 10.3. The lowest BCUT2D eigenvalue weighted by molar-refractivity contribution is 0.509. The zero-order valence-electron chi connectivity index (χ0n) is 10.7. The van der Waals surface area contributed by atoms with Gasteiger partial charge in [-0.15, -0.1) is 0 Å². The van der Waals surface area contributed by atoms with Gasteiger partial charge in [-0.2, -0.15) is 5.10 Å². The highest BCUT2D eigenvalue weighted by Crippen LogP contribution is 2.22. The normalized spacial score (nSPS) is 10.8. The van der Waals surface area contributed by atoms with Crippen LogP contribution < -0.4 is 5.32 Å². The van der Waals surface area contributed by atoms with Crippen LogP contribution in [-0.4, -0.2) is 9.78 Å². The summed E-state index contributed by atoms with van der Waals surface area (Å²) in [6.07, 6.45) is 0. The number of rotatable bonds is 4. The minimum absolute atomic E-state index is 0.486. The van der Waals surface area contributed by atoms with Crippen molar-refractivity contribution in [2.24, 2.45) is 0 Å². The molecule has 0 saturated carbocycles. The van der Waals surface area contributed by atoms with Crippen molar-refractivity contribution in [3.05, 3.63) is 45.7 Å². The Labute approximate surface area is 118 Å². The van der Waals surface area contributed by atoms with Crippen molar-refractivity contribution in [2.75, 3.05) is 5.32 Å². The molecule has 19 heavy (non-hydrogen) atoms. The Morgan fingerprint density at radius 1 is 1.32 bits per heavy atom. The molecule has 0 aliphatic heterocycles. The van der Waals surface area contributed by atoms with Gasteiger partial charge in [0, 0.05) is 18.3 Å². The molecule has 0 aliphatic rings. The number of aryl methyl sites for hydroxylation is 2. The maximum absolute atomic E-state index is 13.1. The maximum Gasteiger partial charge on any atom is 0.160 e. The van der Waals surface area contributed by atoms with Gasteiger partial charge in [0.2, 0.25) is 0 Å². The zero-order valence-corrected chi connectivity index (χ0v) is 12.3. The number of benzene rings is 1. The first-order chi connectivity index (χ1) is 9.02. The summed E-state index contributed by atoms with van der Waals surface area (Å²) in [5, 5.41) is 7.43. The van der Waals surface area contributed by atoms with Crippen molar-refractivity contribution in [1.82, 2.24) is 9.78 Å². The molecule has 0 unspecified atom stereocenters. The Hall–Kier alpha value is -1.43. The molecule has 0 amide bonds. The van der Waals surface area contributed by atoms with Gasteiger partial charge in [-0.1, -0.05) is 0 Å². The molecule has 0 aliphatic carbocycles. The van der Waals surface area contributed by atoms with E-state index in [0.29, 0.717) is 12.2 Å². The molecular formula is C13H14BrF2N3. The van der Waals surface area contributed by atoms with Gasteiger partial charge in [0.05, 0.1) is 22.4 Å². The summed E-state index contributed by atoms with van der Waals surface area (Å²) in [6, 6.07) is 3.75. The van der Waals surface area contributed by atoms with Crippen LogP contribution in [0.4, 0.5) is 14.5 Å². The van der Waals surface area contributed by atoms with Crippen LogP contribution >= 0.6 is 15.9 Å². The van der Waals surface area contributed by atoms with Crippen molar-refractivity contribution in [3.63, 3.8) is 0 Å². The Morgan fingerprint density at radius 3 is 2.68 bits per heavy atom. The second kappa shape index (κ2) is 5.69. The Bertz CT molecular complexity index is 596. The number of hydrogen-bond donors (Lipinski definition) is 1. The number of hydrogen-bond acceptors (Lipinski definition) is 2. The van der Waals surface area contributed by atoms with E-state index in [1.807, 2.05) is 18.5 Å². The van der Waals surface area contributed by atoms with E-state index in [2.05, 4.69) is 26.3 Å². The Kier molecular flexibility index (Phi) is 4.19. The molecule has 2 rings (SSSR count). The Balaban J connectivity index is 2.16. The Morgan fingerprint density at radius 2 is 2.05 bits per heavy atom. The summed E-state index contributed by atoms with van der Waals surface area (Å²) in [4.78, 5) is 0. The van der Waals surface area contributed by atoms with Crippen molar-refractivity contribution in [2.45, 2.75) is 26.9 Å². The van der Waals surface area contributed by atoms with Crippen LogP contribution in [0.3, 0.4) is 0 Å². The lowest BCUT2D eigenvalue weighted by Gasteiger charge is -2.09. The highest BCUT2D eigenvalue weighted by molar-refractivity contribution is 9.10. The van der Waals surface area contributed by atoms with Crippen molar-refractivity contribution >= 4 is 21.6 Å². The van der Waals surface area contributed by atoms with Crippen LogP contribution in [0.2, 0.25) is 0 Å². The molecule has 0 atom stereocenters. The van der Waals surface area contributed by atoms with Gasteiger partial charge in [0.25, 0.3) is 0 Å². The molecule has 3 nitrogen and oxygen atoms in total. The third-order valence-corrected chi connectivity index (χ3v) is 3.86. The van der Waals surface area contributed by atoms with Crippen LogP contribution in [0.25, 0.3) is 0 Å². The van der Waals surface area contributed by atoms with Crippen molar-refractivity contribution < 1.29 is 8.78 Å². The van der Waals surface area contributed by atoms with E-state index < -0.39 is 11.6 Å². The fourth-order valence-corrected chi connectivity index (χ4v) is 2.25. The third kappa shape index (κ3) is 2.94. The number of nitrogens with one attached hydrogen (secondary N) is 1. The van der Waals surface area contributed by atoms with E-state index in [4.69, 9.17) is 0 Å². The average molecular weight is 330 g/mol. The molecule has 0 bridgehead atoms. The molecule has 0 radical (unpaired) electrons. The molecular weight excluding hydrogens is 316 g/mol. The molecule has 6 heteroatoms. The van der Waals surface area contributed by atoms with Crippen LogP contribution in [0.5, 0.6) is 0 Å². The van der Waals surface area contributed by atoms with Crippen LogP contribution in [-0.2, 0) is 13.1 Å². The number of anilines is 1. The van der Waals surface area contributed by atoms with Gasteiger partial charge in [-0.3, -0.25) is 4.68 Å². The molecule has 1 aromatic heterocycles. The fourth-order valence-electron chi connectivity index (χ4n) is 1.83. The van der Waals surface area contributed by atoms with Gasteiger partial charge < -0.3 is 5.32 Å². The van der Waals surface area contributed by atoms with Gasteiger partial charge in [-0.05, 0) is 41.9 Å².